The van der Waals surface area contributed by atoms with E-state index in [2.05, 4.69) is 34.1 Å². The Labute approximate surface area is 142 Å². The van der Waals surface area contributed by atoms with Gasteiger partial charge in [-0.3, -0.25) is 0 Å². The van der Waals surface area contributed by atoms with Crippen molar-refractivity contribution in [2.24, 2.45) is 5.73 Å². The summed E-state index contributed by atoms with van der Waals surface area (Å²) in [5.74, 6) is 0. The zero-order chi connectivity index (χ0) is 14.9. The molecule has 0 amide bonds. The van der Waals surface area contributed by atoms with E-state index in [9.17, 15) is 5.26 Å². The van der Waals surface area contributed by atoms with Gasteiger partial charge in [0.25, 0.3) is 0 Å². The monoisotopic (exact) mass is 380 g/mol. The van der Waals surface area contributed by atoms with Gasteiger partial charge in [0, 0.05) is 4.47 Å². The fraction of sp³-hybridized carbons (Fsp3) is 0.438. The van der Waals surface area contributed by atoms with Crippen LogP contribution in [0, 0.1) is 11.3 Å². The van der Waals surface area contributed by atoms with Crippen molar-refractivity contribution in [1.82, 2.24) is 0 Å². The van der Waals surface area contributed by atoms with Gasteiger partial charge in [0.05, 0.1) is 26.0 Å². The Kier molecular flexibility index (Phi) is 4.58. The maximum absolute atomic E-state index is 9.52. The van der Waals surface area contributed by atoms with Crippen molar-refractivity contribution >= 4 is 39.5 Å². The van der Waals surface area contributed by atoms with Gasteiger partial charge in [0.2, 0.25) is 0 Å². The largest absolute Gasteiger partial charge is 0.393 e. The molecular weight excluding hydrogens is 364 g/mol. The van der Waals surface area contributed by atoms with E-state index in [1.54, 1.807) is 11.8 Å². The third-order valence-electron chi connectivity index (χ3n) is 4.04. The lowest BCUT2D eigenvalue weighted by molar-refractivity contribution is 0.489. The number of nitrogens with two attached hydrogens (primary N) is 1. The predicted molar refractivity (Wildman–Crippen MR) is 94.7 cm³/mol. The van der Waals surface area contributed by atoms with E-state index >= 15 is 0 Å². The van der Waals surface area contributed by atoms with Crippen LogP contribution < -0.4 is 5.73 Å². The average molecular weight is 381 g/mol. The van der Waals surface area contributed by atoms with E-state index in [0.717, 1.165) is 15.1 Å². The van der Waals surface area contributed by atoms with Crippen LogP contribution in [0.3, 0.4) is 0 Å². The Hall–Kier alpha value is -0.570. The van der Waals surface area contributed by atoms with Gasteiger partial charge in [0.1, 0.15) is 0 Å². The van der Waals surface area contributed by atoms with Crippen LogP contribution in [0.5, 0.6) is 0 Å². The van der Waals surface area contributed by atoms with Gasteiger partial charge in [-0.1, -0.05) is 59.1 Å². The number of hydrogen-bond donors (Lipinski definition) is 1. The lowest BCUT2D eigenvalue weighted by Gasteiger charge is -2.42. The SMILES string of the molecule is N#CC1=C(N)SC2(CCCCC2)SC1c1cccc(Br)c1. The van der Waals surface area contributed by atoms with Crippen molar-refractivity contribution in [2.45, 2.75) is 41.4 Å². The molecule has 1 unspecified atom stereocenters. The summed E-state index contributed by atoms with van der Waals surface area (Å²) < 4.78 is 1.21. The third kappa shape index (κ3) is 3.13. The zero-order valence-electron chi connectivity index (χ0n) is 11.6. The molecule has 2 N–H and O–H groups in total. The van der Waals surface area contributed by atoms with Crippen molar-refractivity contribution in [3.05, 3.63) is 44.9 Å². The Bertz CT molecular complexity index is 615. The molecule has 0 radical (unpaired) electrons. The van der Waals surface area contributed by atoms with Crippen LogP contribution >= 0.6 is 39.5 Å². The minimum absolute atomic E-state index is 0.0619. The number of thioether (sulfide) groups is 2. The van der Waals surface area contributed by atoms with Gasteiger partial charge in [-0.15, -0.1) is 11.8 Å². The second kappa shape index (κ2) is 6.28. The normalized spacial score (nSPS) is 24.9. The Balaban J connectivity index is 2.00. The first-order chi connectivity index (χ1) is 10.1. The van der Waals surface area contributed by atoms with Crippen LogP contribution in [-0.2, 0) is 0 Å². The van der Waals surface area contributed by atoms with Crippen LogP contribution in [0.25, 0.3) is 0 Å². The second-order valence-electron chi connectivity index (χ2n) is 5.52. The Morgan fingerprint density at radius 3 is 2.71 bits per heavy atom. The van der Waals surface area contributed by atoms with Gasteiger partial charge in [-0.05, 0) is 30.5 Å². The number of hydrogen-bond acceptors (Lipinski definition) is 4. The van der Waals surface area contributed by atoms with Crippen molar-refractivity contribution in [1.29, 1.82) is 5.26 Å². The van der Waals surface area contributed by atoms with Crippen molar-refractivity contribution in [3.8, 4) is 6.07 Å². The summed E-state index contributed by atoms with van der Waals surface area (Å²) in [5.41, 5.74) is 8.14. The predicted octanol–water partition coefficient (Wildman–Crippen LogP) is 5.32. The fourth-order valence-electron chi connectivity index (χ4n) is 3.01. The summed E-state index contributed by atoms with van der Waals surface area (Å²) >= 11 is 7.19. The van der Waals surface area contributed by atoms with Crippen molar-refractivity contribution < 1.29 is 0 Å². The van der Waals surface area contributed by atoms with Crippen molar-refractivity contribution in [2.75, 3.05) is 0 Å². The molecule has 1 heterocycles. The van der Waals surface area contributed by atoms with Gasteiger partial charge >= 0.3 is 0 Å². The molecule has 0 bridgehead atoms. The number of halogens is 1. The quantitative estimate of drug-likeness (QED) is 0.715. The highest BCUT2D eigenvalue weighted by Crippen LogP contribution is 2.61. The molecule has 0 aromatic heterocycles. The van der Waals surface area contributed by atoms with Crippen molar-refractivity contribution in [3.63, 3.8) is 0 Å². The number of nitrogens with zero attached hydrogens (tertiary/aromatic N) is 1. The van der Waals surface area contributed by atoms with Gasteiger partial charge in [-0.25, -0.2) is 0 Å². The standard InChI is InChI=1S/C16H17BrN2S2/c17-12-6-4-5-11(9-12)14-13(10-18)15(19)21-16(20-14)7-2-1-3-8-16/h4-6,9,14H,1-3,7-8,19H2. The first-order valence-corrected chi connectivity index (χ1v) is 9.64. The van der Waals surface area contributed by atoms with Gasteiger partial charge in [-0.2, -0.15) is 5.26 Å². The highest BCUT2D eigenvalue weighted by molar-refractivity contribution is 9.10. The molecule has 1 aromatic rings. The number of benzene rings is 1. The maximum Gasteiger partial charge on any atom is 0.0990 e. The van der Waals surface area contributed by atoms with Gasteiger partial charge < -0.3 is 5.73 Å². The molecule has 2 aliphatic rings. The van der Waals surface area contributed by atoms with Crippen LogP contribution in [0.4, 0.5) is 0 Å². The molecule has 21 heavy (non-hydrogen) atoms. The van der Waals surface area contributed by atoms with Crippen LogP contribution in [0.2, 0.25) is 0 Å². The molecule has 2 nitrogen and oxygen atoms in total. The fourth-order valence-corrected chi connectivity index (χ4v) is 6.95. The molecule has 1 aliphatic carbocycles. The van der Waals surface area contributed by atoms with E-state index in [1.165, 1.54) is 37.7 Å². The van der Waals surface area contributed by atoms with Crippen LogP contribution in [0.1, 0.15) is 42.9 Å². The van der Waals surface area contributed by atoms with Gasteiger partial charge in [0.15, 0.2) is 0 Å². The summed E-state index contributed by atoms with van der Waals surface area (Å²) in [6, 6.07) is 10.6. The third-order valence-corrected chi connectivity index (χ3v) is 7.88. The summed E-state index contributed by atoms with van der Waals surface area (Å²) in [6.07, 6.45) is 6.22. The molecule has 110 valence electrons. The average Bonchev–Trinajstić information content (AvgIpc) is 2.47. The van der Waals surface area contributed by atoms with E-state index in [1.807, 2.05) is 23.9 Å². The second-order valence-corrected chi connectivity index (χ2v) is 9.60. The first-order valence-electron chi connectivity index (χ1n) is 7.16. The molecule has 1 spiro atoms. The highest BCUT2D eigenvalue weighted by Gasteiger charge is 2.42. The van der Waals surface area contributed by atoms with E-state index < -0.39 is 0 Å². The lowest BCUT2D eigenvalue weighted by atomic mass is 9.99. The lowest BCUT2D eigenvalue weighted by Crippen LogP contribution is -2.30. The minimum atomic E-state index is 0.0619. The summed E-state index contributed by atoms with van der Waals surface area (Å²) in [4.78, 5) is 0. The first kappa shape index (κ1) is 15.3. The molecule has 1 atom stereocenters. The molecule has 1 saturated carbocycles. The maximum atomic E-state index is 9.52. The Morgan fingerprint density at radius 1 is 1.29 bits per heavy atom. The molecule has 1 aliphatic heterocycles. The van der Waals surface area contributed by atoms with E-state index in [4.69, 9.17) is 5.73 Å². The van der Waals surface area contributed by atoms with E-state index in [0.29, 0.717) is 0 Å². The highest BCUT2D eigenvalue weighted by atomic mass is 79.9. The topological polar surface area (TPSA) is 49.8 Å². The van der Waals surface area contributed by atoms with E-state index in [-0.39, 0.29) is 9.33 Å². The summed E-state index contributed by atoms with van der Waals surface area (Å²) in [5, 5.41) is 10.3. The number of rotatable bonds is 1. The molecule has 3 rings (SSSR count). The molecule has 0 saturated heterocycles. The van der Waals surface area contributed by atoms with Crippen LogP contribution in [-0.4, -0.2) is 4.08 Å². The summed E-state index contributed by atoms with van der Waals surface area (Å²) in [6.45, 7) is 0. The summed E-state index contributed by atoms with van der Waals surface area (Å²) in [7, 11) is 0. The molecule has 1 aromatic carbocycles. The zero-order valence-corrected chi connectivity index (χ0v) is 14.9. The smallest absolute Gasteiger partial charge is 0.0990 e. The Morgan fingerprint density at radius 2 is 2.05 bits per heavy atom. The van der Waals surface area contributed by atoms with Crippen LogP contribution in [0.15, 0.2) is 39.3 Å². The minimum Gasteiger partial charge on any atom is -0.393 e. The number of nitriles is 1. The molecule has 5 heteroatoms. The molecular formula is C16H17BrN2S2. The molecule has 1 fully saturated rings.